The fraction of sp³-hybridized carbons (Fsp3) is 0.200. The maximum absolute atomic E-state index is 11.8. The summed E-state index contributed by atoms with van der Waals surface area (Å²) in [5, 5.41) is 3.41. The summed E-state index contributed by atoms with van der Waals surface area (Å²) in [4.78, 5) is 24.5. The molecule has 0 bridgehead atoms. The van der Waals surface area contributed by atoms with Gasteiger partial charge >= 0.3 is 12.4 Å². The molecule has 0 saturated heterocycles. The summed E-state index contributed by atoms with van der Waals surface area (Å²) < 4.78 is 4.44. The van der Waals surface area contributed by atoms with Crippen molar-refractivity contribution in [1.82, 2.24) is 0 Å². The lowest BCUT2D eigenvalue weighted by Crippen LogP contribution is -2.33. The minimum absolute atomic E-state index is 0.159. The van der Waals surface area contributed by atoms with Gasteiger partial charge in [-0.25, -0.2) is 4.79 Å². The number of anilines is 2. The summed E-state index contributed by atoms with van der Waals surface area (Å²) in [6.07, 6.45) is 4.32. The minimum Gasteiger partial charge on any atom is -0.392 e. The van der Waals surface area contributed by atoms with Gasteiger partial charge in [-0.15, -0.1) is 0 Å². The first-order chi connectivity index (χ1) is 12.3. The van der Waals surface area contributed by atoms with Crippen molar-refractivity contribution in [2.45, 2.75) is 12.8 Å². The fourth-order valence-electron chi connectivity index (χ4n) is 3.50. The van der Waals surface area contributed by atoms with Crippen LogP contribution in [-0.2, 0) is 16.0 Å². The monoisotopic (exact) mass is 334 g/mol. The molecule has 5 heteroatoms. The van der Waals surface area contributed by atoms with E-state index in [9.17, 15) is 9.59 Å². The molecule has 0 fully saturated rings. The van der Waals surface area contributed by atoms with Crippen LogP contribution in [0, 0.1) is 0 Å². The highest BCUT2D eigenvalue weighted by molar-refractivity contribution is 5.95. The van der Waals surface area contributed by atoms with Gasteiger partial charge in [0.15, 0.2) is 0 Å². The van der Waals surface area contributed by atoms with Crippen LogP contribution in [0.3, 0.4) is 0 Å². The molecule has 25 heavy (non-hydrogen) atoms. The Balaban J connectivity index is 1.69. The molecule has 0 spiro atoms. The van der Waals surface area contributed by atoms with E-state index < -0.39 is 5.97 Å². The largest absolute Gasteiger partial charge is 0.392 e. The van der Waals surface area contributed by atoms with Gasteiger partial charge in [0.1, 0.15) is 0 Å². The Bertz CT molecular complexity index is 873. The van der Waals surface area contributed by atoms with Crippen LogP contribution >= 0.6 is 0 Å². The number of rotatable bonds is 3. The Morgan fingerprint density at radius 2 is 2.08 bits per heavy atom. The number of carbonyl (C=O) groups excluding carboxylic acids is 2. The second-order valence-electron chi connectivity index (χ2n) is 6.18. The Morgan fingerprint density at radius 3 is 2.96 bits per heavy atom. The van der Waals surface area contributed by atoms with Gasteiger partial charge in [0.2, 0.25) is 0 Å². The van der Waals surface area contributed by atoms with Crippen molar-refractivity contribution < 1.29 is 14.3 Å². The average Bonchev–Trinajstić information content (AvgIpc) is 2.67. The van der Waals surface area contributed by atoms with E-state index in [1.54, 1.807) is 12.1 Å². The van der Waals surface area contributed by atoms with Crippen molar-refractivity contribution in [3.8, 4) is 0 Å². The third-order valence-corrected chi connectivity index (χ3v) is 4.68. The predicted molar refractivity (Wildman–Crippen MR) is 96.5 cm³/mol. The van der Waals surface area contributed by atoms with Crippen molar-refractivity contribution in [3.63, 3.8) is 0 Å². The number of para-hydroxylation sites is 1. The molecule has 2 aliphatic rings. The standard InChI is InChI=1S/C20H18N2O3/c23-13-25-20(24)15-7-8-18-16(10-15)11-17(12-21-18)22-9-3-5-14-4-1-2-6-19(14)22/h1-2,4,6-8,10-11,13,21H,3,5,9,12H2. The molecule has 2 aromatic rings. The third kappa shape index (κ3) is 2.89. The highest BCUT2D eigenvalue weighted by Crippen LogP contribution is 2.33. The second-order valence-corrected chi connectivity index (χ2v) is 6.18. The average molecular weight is 334 g/mol. The van der Waals surface area contributed by atoms with Gasteiger partial charge in [-0.3, -0.25) is 4.79 Å². The summed E-state index contributed by atoms with van der Waals surface area (Å²) in [6.45, 7) is 1.87. The maximum Gasteiger partial charge on any atom is 0.345 e. The van der Waals surface area contributed by atoms with E-state index in [1.807, 2.05) is 6.07 Å². The molecule has 0 unspecified atom stereocenters. The molecule has 0 radical (unpaired) electrons. The number of nitrogens with zero attached hydrogens (tertiary/aromatic N) is 1. The van der Waals surface area contributed by atoms with Crippen LogP contribution in [-0.4, -0.2) is 25.5 Å². The topological polar surface area (TPSA) is 58.6 Å². The zero-order valence-electron chi connectivity index (χ0n) is 13.7. The molecule has 2 aliphatic heterocycles. The lowest BCUT2D eigenvalue weighted by Gasteiger charge is -2.35. The van der Waals surface area contributed by atoms with E-state index in [4.69, 9.17) is 0 Å². The van der Waals surface area contributed by atoms with E-state index in [0.717, 1.165) is 37.2 Å². The first-order valence-corrected chi connectivity index (χ1v) is 8.35. The van der Waals surface area contributed by atoms with Crippen LogP contribution in [0.25, 0.3) is 6.08 Å². The molecule has 2 aromatic carbocycles. The molecule has 0 aliphatic carbocycles. The maximum atomic E-state index is 11.8. The highest BCUT2D eigenvalue weighted by atomic mass is 16.6. The molecule has 126 valence electrons. The molecular weight excluding hydrogens is 316 g/mol. The fourth-order valence-corrected chi connectivity index (χ4v) is 3.50. The molecule has 0 saturated carbocycles. The van der Waals surface area contributed by atoms with E-state index in [1.165, 1.54) is 16.9 Å². The molecule has 0 atom stereocenters. The number of hydrogen-bond donors (Lipinski definition) is 1. The van der Waals surface area contributed by atoms with Crippen molar-refractivity contribution in [2.75, 3.05) is 23.3 Å². The number of fused-ring (bicyclic) bond motifs is 2. The highest BCUT2D eigenvalue weighted by Gasteiger charge is 2.22. The SMILES string of the molecule is O=COC(=O)c1ccc2c(c1)C=C(N1CCCc3ccccc31)CN2. The number of esters is 1. The summed E-state index contributed by atoms with van der Waals surface area (Å²) >= 11 is 0. The van der Waals surface area contributed by atoms with Crippen LogP contribution in [0.5, 0.6) is 0 Å². The third-order valence-electron chi connectivity index (χ3n) is 4.68. The summed E-state index contributed by atoms with van der Waals surface area (Å²) in [7, 11) is 0. The molecule has 0 amide bonds. The van der Waals surface area contributed by atoms with Crippen LogP contribution < -0.4 is 10.2 Å². The van der Waals surface area contributed by atoms with Gasteiger partial charge in [-0.1, -0.05) is 18.2 Å². The smallest absolute Gasteiger partial charge is 0.345 e. The molecule has 1 N–H and O–H groups in total. The van der Waals surface area contributed by atoms with Gasteiger partial charge in [-0.05, 0) is 48.7 Å². The Morgan fingerprint density at radius 1 is 1.20 bits per heavy atom. The van der Waals surface area contributed by atoms with Crippen molar-refractivity contribution >= 4 is 29.9 Å². The van der Waals surface area contributed by atoms with E-state index in [0.29, 0.717) is 5.56 Å². The minimum atomic E-state index is -0.637. The number of benzene rings is 2. The lowest BCUT2D eigenvalue weighted by molar-refractivity contribution is -0.123. The number of aryl methyl sites for hydroxylation is 1. The van der Waals surface area contributed by atoms with Crippen LogP contribution in [0.2, 0.25) is 0 Å². The van der Waals surface area contributed by atoms with Crippen molar-refractivity contribution in [1.29, 1.82) is 0 Å². The first kappa shape index (κ1) is 15.4. The number of hydrogen-bond acceptors (Lipinski definition) is 5. The van der Waals surface area contributed by atoms with Gasteiger partial charge in [-0.2, -0.15) is 0 Å². The molecule has 5 nitrogen and oxygen atoms in total. The summed E-state index contributed by atoms with van der Waals surface area (Å²) in [5.41, 5.74) is 6.04. The molecule has 2 heterocycles. The van der Waals surface area contributed by atoms with Crippen LogP contribution in [0.1, 0.15) is 27.9 Å². The number of ether oxygens (including phenoxy) is 1. The van der Waals surface area contributed by atoms with Crippen molar-refractivity contribution in [2.24, 2.45) is 0 Å². The zero-order chi connectivity index (χ0) is 17.2. The van der Waals surface area contributed by atoms with E-state index in [2.05, 4.69) is 45.3 Å². The number of nitrogens with one attached hydrogen (secondary N) is 1. The lowest BCUT2D eigenvalue weighted by atomic mass is 9.99. The molecule has 0 aromatic heterocycles. The molecule has 4 rings (SSSR count). The zero-order valence-corrected chi connectivity index (χ0v) is 13.7. The first-order valence-electron chi connectivity index (χ1n) is 8.35. The summed E-state index contributed by atoms with van der Waals surface area (Å²) in [6, 6.07) is 13.7. The second kappa shape index (κ2) is 6.43. The predicted octanol–water partition coefficient (Wildman–Crippen LogP) is 3.22. The van der Waals surface area contributed by atoms with E-state index in [-0.39, 0.29) is 6.47 Å². The van der Waals surface area contributed by atoms with Gasteiger partial charge in [0.25, 0.3) is 0 Å². The number of carbonyl (C=O) groups is 2. The van der Waals surface area contributed by atoms with Gasteiger partial charge < -0.3 is 15.0 Å². The van der Waals surface area contributed by atoms with Crippen LogP contribution in [0.15, 0.2) is 48.2 Å². The Kier molecular flexibility index (Phi) is 3.98. The summed E-state index contributed by atoms with van der Waals surface area (Å²) in [5.74, 6) is -0.637. The van der Waals surface area contributed by atoms with E-state index >= 15 is 0 Å². The van der Waals surface area contributed by atoms with Gasteiger partial charge in [0.05, 0.1) is 12.1 Å². The molecular formula is C20H18N2O3. The normalized spacial score (nSPS) is 15.4. The Labute approximate surface area is 145 Å². The Hall–Kier alpha value is -3.08. The van der Waals surface area contributed by atoms with Crippen LogP contribution in [0.4, 0.5) is 11.4 Å². The quantitative estimate of drug-likeness (QED) is 0.531. The van der Waals surface area contributed by atoms with Crippen molar-refractivity contribution in [3.05, 3.63) is 64.9 Å². The van der Waals surface area contributed by atoms with Gasteiger partial charge in [0, 0.05) is 29.2 Å².